The molecule has 8 nitrogen and oxygen atoms in total. The summed E-state index contributed by atoms with van der Waals surface area (Å²) < 4.78 is 5.24. The van der Waals surface area contributed by atoms with Gasteiger partial charge in [-0.05, 0) is 42.5 Å². The van der Waals surface area contributed by atoms with E-state index in [-0.39, 0.29) is 30.2 Å². The Hall–Kier alpha value is -3.13. The Morgan fingerprint density at radius 3 is 2.39 bits per heavy atom. The van der Waals surface area contributed by atoms with Crippen LogP contribution in [-0.4, -0.2) is 83.8 Å². The Balaban J connectivity index is 1.22. The molecule has 8 heteroatoms. The molecular weight excluding hydrogens is 420 g/mol. The maximum absolute atomic E-state index is 13.2. The first-order valence-corrected chi connectivity index (χ1v) is 11.8. The average Bonchev–Trinajstić information content (AvgIpc) is 3.44. The van der Waals surface area contributed by atoms with Crippen LogP contribution in [0, 0.1) is 0 Å². The highest BCUT2D eigenvalue weighted by atomic mass is 16.3. The first-order chi connectivity index (χ1) is 16.1. The van der Waals surface area contributed by atoms with E-state index in [1.54, 1.807) is 21.9 Å². The zero-order chi connectivity index (χ0) is 22.8. The summed E-state index contributed by atoms with van der Waals surface area (Å²) in [5.41, 5.74) is 2.68. The van der Waals surface area contributed by atoms with Crippen LogP contribution in [0.3, 0.4) is 0 Å². The number of amides is 3. The van der Waals surface area contributed by atoms with Gasteiger partial charge >= 0.3 is 0 Å². The van der Waals surface area contributed by atoms with Crippen molar-refractivity contribution in [2.24, 2.45) is 0 Å². The molecule has 1 aromatic heterocycles. The number of nitrogens with zero attached hydrogens (tertiary/aromatic N) is 3. The minimum absolute atomic E-state index is 0.0233. The monoisotopic (exact) mass is 450 g/mol. The Labute approximate surface area is 193 Å². The molecule has 174 valence electrons. The lowest BCUT2D eigenvalue weighted by Gasteiger charge is -2.39. The minimum Gasteiger partial charge on any atom is -0.459 e. The number of piperazine rings is 1. The van der Waals surface area contributed by atoms with E-state index in [1.807, 2.05) is 0 Å². The van der Waals surface area contributed by atoms with Gasteiger partial charge in [0.05, 0.1) is 18.7 Å². The zero-order valence-corrected chi connectivity index (χ0v) is 18.7. The summed E-state index contributed by atoms with van der Waals surface area (Å²) in [5, 5.41) is 2.95. The third kappa shape index (κ3) is 4.53. The number of fused-ring (bicyclic) bond motifs is 1. The third-order valence-corrected chi connectivity index (χ3v) is 7.11. The molecule has 1 unspecified atom stereocenters. The highest BCUT2D eigenvalue weighted by Crippen LogP contribution is 2.28. The van der Waals surface area contributed by atoms with Gasteiger partial charge in [-0.2, -0.15) is 0 Å². The molecule has 0 spiro atoms. The standard InChI is InChI=1S/C25H30N4O4/c30-23(27-9-4-10-28(13-12-27)25(32)22-7-3-14-33-22)17-21-24(31)26-8-11-29(21)20-15-18-5-1-2-6-19(18)16-20/h1-3,5-7,14,20-21H,4,8-13,15-17H2,(H,26,31). The summed E-state index contributed by atoms with van der Waals surface area (Å²) in [4.78, 5) is 44.4. The van der Waals surface area contributed by atoms with Gasteiger partial charge in [0.15, 0.2) is 5.76 Å². The third-order valence-electron chi connectivity index (χ3n) is 7.11. The van der Waals surface area contributed by atoms with Crippen molar-refractivity contribution in [2.75, 3.05) is 39.3 Å². The normalized spacial score (nSPS) is 22.1. The Kier molecular flexibility index (Phi) is 6.17. The second-order valence-corrected chi connectivity index (χ2v) is 9.08. The first-order valence-electron chi connectivity index (χ1n) is 11.8. The predicted molar refractivity (Wildman–Crippen MR) is 122 cm³/mol. The molecule has 1 aromatic carbocycles. The molecule has 1 atom stereocenters. The van der Waals surface area contributed by atoms with E-state index in [9.17, 15) is 14.4 Å². The van der Waals surface area contributed by atoms with Gasteiger partial charge in [-0.15, -0.1) is 0 Å². The van der Waals surface area contributed by atoms with Crippen molar-refractivity contribution in [3.63, 3.8) is 0 Å². The molecule has 3 amide bonds. The summed E-state index contributed by atoms with van der Waals surface area (Å²) in [7, 11) is 0. The van der Waals surface area contributed by atoms with Crippen LogP contribution in [0.1, 0.15) is 34.5 Å². The summed E-state index contributed by atoms with van der Waals surface area (Å²) in [5.74, 6) is 0.0923. The van der Waals surface area contributed by atoms with Gasteiger partial charge in [-0.1, -0.05) is 24.3 Å². The lowest BCUT2D eigenvalue weighted by molar-refractivity contribution is -0.139. The van der Waals surface area contributed by atoms with Gasteiger partial charge in [-0.3, -0.25) is 19.3 Å². The van der Waals surface area contributed by atoms with Crippen molar-refractivity contribution in [1.82, 2.24) is 20.0 Å². The van der Waals surface area contributed by atoms with Crippen LogP contribution in [0.25, 0.3) is 0 Å². The van der Waals surface area contributed by atoms with Gasteiger partial charge in [0, 0.05) is 45.3 Å². The summed E-state index contributed by atoms with van der Waals surface area (Å²) >= 11 is 0. The summed E-state index contributed by atoms with van der Waals surface area (Å²) in [6.07, 6.45) is 4.20. The van der Waals surface area contributed by atoms with Crippen molar-refractivity contribution in [1.29, 1.82) is 0 Å². The Bertz CT molecular complexity index is 996. The minimum atomic E-state index is -0.449. The van der Waals surface area contributed by atoms with Gasteiger partial charge < -0.3 is 19.5 Å². The molecule has 2 aromatic rings. The fraction of sp³-hybridized carbons (Fsp3) is 0.480. The number of benzene rings is 1. The maximum Gasteiger partial charge on any atom is 0.289 e. The first kappa shape index (κ1) is 21.7. The smallest absolute Gasteiger partial charge is 0.289 e. The Morgan fingerprint density at radius 2 is 1.67 bits per heavy atom. The lowest BCUT2D eigenvalue weighted by Crippen LogP contribution is -2.60. The molecule has 33 heavy (non-hydrogen) atoms. The molecule has 3 aliphatic rings. The number of hydrogen-bond acceptors (Lipinski definition) is 5. The molecule has 2 aliphatic heterocycles. The number of rotatable bonds is 4. The number of nitrogens with one attached hydrogen (secondary N) is 1. The highest BCUT2D eigenvalue weighted by molar-refractivity contribution is 5.91. The van der Waals surface area contributed by atoms with Crippen molar-refractivity contribution in [3.05, 3.63) is 59.5 Å². The van der Waals surface area contributed by atoms with Crippen LogP contribution >= 0.6 is 0 Å². The summed E-state index contributed by atoms with van der Waals surface area (Å²) in [6, 6.07) is 11.6. The number of hydrogen-bond donors (Lipinski definition) is 1. The zero-order valence-electron chi connectivity index (χ0n) is 18.7. The van der Waals surface area contributed by atoms with Gasteiger partial charge in [0.1, 0.15) is 0 Å². The lowest BCUT2D eigenvalue weighted by atomic mass is 10.0. The van der Waals surface area contributed by atoms with Crippen LogP contribution in [0.4, 0.5) is 0 Å². The van der Waals surface area contributed by atoms with E-state index < -0.39 is 6.04 Å². The SMILES string of the molecule is O=C1NCCN(C2Cc3ccccc3C2)C1CC(=O)N1CCCN(C(=O)c2ccco2)CC1. The molecule has 3 heterocycles. The fourth-order valence-corrected chi connectivity index (χ4v) is 5.37. The molecular formula is C25H30N4O4. The van der Waals surface area contributed by atoms with Gasteiger partial charge in [0.25, 0.3) is 5.91 Å². The van der Waals surface area contributed by atoms with Crippen LogP contribution < -0.4 is 5.32 Å². The van der Waals surface area contributed by atoms with E-state index in [4.69, 9.17) is 4.42 Å². The molecule has 5 rings (SSSR count). The molecule has 2 saturated heterocycles. The van der Waals surface area contributed by atoms with Gasteiger partial charge in [-0.25, -0.2) is 0 Å². The fourth-order valence-electron chi connectivity index (χ4n) is 5.37. The van der Waals surface area contributed by atoms with E-state index in [0.717, 1.165) is 19.4 Å². The molecule has 2 fully saturated rings. The van der Waals surface area contributed by atoms with E-state index in [2.05, 4.69) is 34.5 Å². The largest absolute Gasteiger partial charge is 0.459 e. The van der Waals surface area contributed by atoms with E-state index >= 15 is 0 Å². The molecule has 0 saturated carbocycles. The maximum atomic E-state index is 13.2. The Morgan fingerprint density at radius 1 is 0.939 bits per heavy atom. The highest BCUT2D eigenvalue weighted by Gasteiger charge is 2.39. The topological polar surface area (TPSA) is 86.1 Å². The molecule has 1 N–H and O–H groups in total. The van der Waals surface area contributed by atoms with E-state index in [0.29, 0.717) is 44.9 Å². The number of carbonyl (C=O) groups excluding carboxylic acids is 3. The second kappa shape index (κ2) is 9.39. The van der Waals surface area contributed by atoms with Crippen LogP contribution in [0.5, 0.6) is 0 Å². The second-order valence-electron chi connectivity index (χ2n) is 9.08. The van der Waals surface area contributed by atoms with E-state index in [1.165, 1.54) is 17.4 Å². The van der Waals surface area contributed by atoms with Gasteiger partial charge in [0.2, 0.25) is 11.8 Å². The average molecular weight is 451 g/mol. The van der Waals surface area contributed by atoms with Crippen LogP contribution in [0.2, 0.25) is 0 Å². The van der Waals surface area contributed by atoms with Crippen molar-refractivity contribution in [3.8, 4) is 0 Å². The molecule has 1 aliphatic carbocycles. The number of carbonyl (C=O) groups is 3. The summed E-state index contributed by atoms with van der Waals surface area (Å²) in [6.45, 7) is 3.47. The predicted octanol–water partition coefficient (Wildman–Crippen LogP) is 1.31. The quantitative estimate of drug-likeness (QED) is 0.759. The number of furan rings is 1. The van der Waals surface area contributed by atoms with Crippen molar-refractivity contribution in [2.45, 2.75) is 37.8 Å². The van der Waals surface area contributed by atoms with Crippen LogP contribution in [-0.2, 0) is 22.4 Å². The molecule has 0 bridgehead atoms. The van der Waals surface area contributed by atoms with Crippen molar-refractivity contribution >= 4 is 17.7 Å². The van der Waals surface area contributed by atoms with Crippen LogP contribution in [0.15, 0.2) is 47.1 Å². The molecule has 0 radical (unpaired) electrons. The van der Waals surface area contributed by atoms with Crippen molar-refractivity contribution < 1.29 is 18.8 Å².